The van der Waals surface area contributed by atoms with Crippen molar-refractivity contribution in [2.24, 2.45) is 5.10 Å². The highest BCUT2D eigenvalue weighted by Crippen LogP contribution is 2.28. The van der Waals surface area contributed by atoms with Crippen LogP contribution in [0.25, 0.3) is 11.3 Å². The first-order valence-corrected chi connectivity index (χ1v) is 7.93. The van der Waals surface area contributed by atoms with Gasteiger partial charge in [0.2, 0.25) is 5.82 Å². The van der Waals surface area contributed by atoms with Crippen molar-refractivity contribution in [1.29, 1.82) is 0 Å². The number of carbonyl (C=O) groups is 1. The second kappa shape index (κ2) is 7.74. The largest absolute Gasteiger partial charge is 0.545 e. The number of aryl methyl sites for hydroxylation is 1. The van der Waals surface area contributed by atoms with E-state index in [2.05, 4.69) is 5.10 Å². The zero-order valence-electron chi connectivity index (χ0n) is 14.5. The first kappa shape index (κ1) is 20.1. The van der Waals surface area contributed by atoms with Crippen LogP contribution in [0.2, 0.25) is 0 Å². The molecule has 29 heavy (non-hydrogen) atoms. The predicted octanol–water partition coefficient (Wildman–Crippen LogP) is 3.76. The average molecular weight is 409 g/mol. The standard InChI is InChI=1S/C19H11F5N2O3/c1-8-2-3-9(19(27)28)6-11(8)12-5-4-10(29-12)7-25-26-18-16(23)14(21)13(20)15(22)17(18)24/h2-7,26H,1H3,(H,27,28)/p-1/b25-7+. The van der Waals surface area contributed by atoms with Crippen LogP contribution in [0.4, 0.5) is 27.6 Å². The smallest absolute Gasteiger partial charge is 0.200 e. The topological polar surface area (TPSA) is 77.7 Å². The Labute approximate surface area is 160 Å². The molecule has 10 heteroatoms. The van der Waals surface area contributed by atoms with Gasteiger partial charge in [-0.15, -0.1) is 0 Å². The summed E-state index contributed by atoms with van der Waals surface area (Å²) in [6.45, 7) is 1.72. The molecule has 150 valence electrons. The van der Waals surface area contributed by atoms with Crippen molar-refractivity contribution in [3.63, 3.8) is 0 Å². The fraction of sp³-hybridized carbons (Fsp3) is 0.0526. The number of furan rings is 1. The number of nitrogens with zero attached hydrogens (tertiary/aromatic N) is 1. The fourth-order valence-electron chi connectivity index (χ4n) is 2.44. The van der Waals surface area contributed by atoms with E-state index in [4.69, 9.17) is 4.42 Å². The number of carboxylic acids is 1. The van der Waals surface area contributed by atoms with Crippen LogP contribution >= 0.6 is 0 Å². The van der Waals surface area contributed by atoms with E-state index in [1.807, 2.05) is 0 Å². The first-order chi connectivity index (χ1) is 13.7. The van der Waals surface area contributed by atoms with E-state index in [-0.39, 0.29) is 17.1 Å². The van der Waals surface area contributed by atoms with Crippen LogP contribution in [0.15, 0.2) is 39.9 Å². The molecule has 0 aliphatic carbocycles. The van der Waals surface area contributed by atoms with Crippen molar-refractivity contribution in [1.82, 2.24) is 0 Å². The summed E-state index contributed by atoms with van der Waals surface area (Å²) in [7, 11) is 0. The van der Waals surface area contributed by atoms with Crippen LogP contribution in [-0.2, 0) is 0 Å². The van der Waals surface area contributed by atoms with Gasteiger partial charge in [0, 0.05) is 5.56 Å². The summed E-state index contributed by atoms with van der Waals surface area (Å²) >= 11 is 0. The Morgan fingerprint density at radius 1 is 1.00 bits per heavy atom. The van der Waals surface area contributed by atoms with Gasteiger partial charge in [0.15, 0.2) is 23.3 Å². The molecule has 0 saturated heterocycles. The lowest BCUT2D eigenvalue weighted by Gasteiger charge is -2.07. The zero-order chi connectivity index (χ0) is 21.3. The number of benzene rings is 2. The molecule has 1 heterocycles. The predicted molar refractivity (Wildman–Crippen MR) is 90.7 cm³/mol. The molecule has 0 atom stereocenters. The molecular weight excluding hydrogens is 399 g/mol. The van der Waals surface area contributed by atoms with Gasteiger partial charge < -0.3 is 14.3 Å². The molecule has 0 amide bonds. The lowest BCUT2D eigenvalue weighted by Crippen LogP contribution is -2.22. The van der Waals surface area contributed by atoms with Crippen LogP contribution in [-0.4, -0.2) is 12.2 Å². The van der Waals surface area contributed by atoms with Crippen LogP contribution in [0.3, 0.4) is 0 Å². The van der Waals surface area contributed by atoms with E-state index in [1.54, 1.807) is 18.4 Å². The lowest BCUT2D eigenvalue weighted by atomic mass is 10.0. The summed E-state index contributed by atoms with van der Waals surface area (Å²) in [5, 5.41) is 14.4. The highest BCUT2D eigenvalue weighted by Gasteiger charge is 2.25. The Morgan fingerprint density at radius 3 is 2.24 bits per heavy atom. The summed E-state index contributed by atoms with van der Waals surface area (Å²) < 4.78 is 71.9. The van der Waals surface area contributed by atoms with Gasteiger partial charge in [-0.2, -0.15) is 5.10 Å². The third-order valence-corrected chi connectivity index (χ3v) is 3.94. The molecule has 0 aliphatic rings. The molecule has 3 rings (SSSR count). The summed E-state index contributed by atoms with van der Waals surface area (Å²) in [5.41, 5.74) is 1.53. The molecule has 0 aliphatic heterocycles. The van der Waals surface area contributed by atoms with Gasteiger partial charge in [0.05, 0.1) is 12.2 Å². The minimum Gasteiger partial charge on any atom is -0.545 e. The van der Waals surface area contributed by atoms with Crippen molar-refractivity contribution in [3.8, 4) is 11.3 Å². The number of hydrogen-bond acceptors (Lipinski definition) is 5. The first-order valence-electron chi connectivity index (χ1n) is 7.93. The Bertz CT molecular complexity index is 1110. The Morgan fingerprint density at radius 2 is 1.62 bits per heavy atom. The molecule has 2 aromatic carbocycles. The summed E-state index contributed by atoms with van der Waals surface area (Å²) in [4.78, 5) is 11.0. The number of carbonyl (C=O) groups excluding carboxylic acids is 1. The van der Waals surface area contributed by atoms with Gasteiger partial charge in [0.1, 0.15) is 17.2 Å². The Hall–Kier alpha value is -3.69. The van der Waals surface area contributed by atoms with Crippen LogP contribution < -0.4 is 10.5 Å². The van der Waals surface area contributed by atoms with Crippen molar-refractivity contribution >= 4 is 17.9 Å². The number of carboxylic acid groups (broad SMARTS) is 1. The molecule has 0 radical (unpaired) electrons. The maximum Gasteiger partial charge on any atom is 0.200 e. The van der Waals surface area contributed by atoms with Gasteiger partial charge in [-0.25, -0.2) is 22.0 Å². The van der Waals surface area contributed by atoms with Gasteiger partial charge in [-0.05, 0) is 36.2 Å². The highest BCUT2D eigenvalue weighted by atomic mass is 19.2. The van der Waals surface area contributed by atoms with Crippen LogP contribution in [0, 0.1) is 36.0 Å². The summed E-state index contributed by atoms with van der Waals surface area (Å²) in [6.07, 6.45) is 0.944. The second-order valence-corrected chi connectivity index (χ2v) is 5.83. The molecule has 1 aromatic heterocycles. The number of nitrogens with one attached hydrogen (secondary N) is 1. The van der Waals surface area contributed by atoms with Crippen molar-refractivity contribution in [2.45, 2.75) is 6.92 Å². The summed E-state index contributed by atoms with van der Waals surface area (Å²) in [6, 6.07) is 7.16. The molecular formula is C19H10F5N2O3-. The molecule has 0 saturated carbocycles. The Balaban J connectivity index is 1.84. The van der Waals surface area contributed by atoms with Gasteiger partial charge in [-0.1, -0.05) is 12.1 Å². The third kappa shape index (κ3) is 3.82. The number of halogens is 5. The second-order valence-electron chi connectivity index (χ2n) is 5.83. The van der Waals surface area contributed by atoms with Crippen molar-refractivity contribution < 1.29 is 36.3 Å². The van der Waals surface area contributed by atoms with E-state index in [9.17, 15) is 31.9 Å². The number of anilines is 1. The molecule has 1 N–H and O–H groups in total. The molecule has 0 spiro atoms. The van der Waals surface area contributed by atoms with Gasteiger partial charge in [-0.3, -0.25) is 5.43 Å². The van der Waals surface area contributed by atoms with Crippen molar-refractivity contribution in [2.75, 3.05) is 5.43 Å². The molecule has 0 fully saturated rings. The lowest BCUT2D eigenvalue weighted by molar-refractivity contribution is -0.255. The molecule has 3 aromatic rings. The molecule has 0 bridgehead atoms. The van der Waals surface area contributed by atoms with Crippen molar-refractivity contribution in [3.05, 3.63) is 76.3 Å². The van der Waals surface area contributed by atoms with E-state index in [1.165, 1.54) is 24.3 Å². The van der Waals surface area contributed by atoms with E-state index in [0.29, 0.717) is 11.1 Å². The number of aromatic carboxylic acids is 1. The van der Waals surface area contributed by atoms with Crippen LogP contribution in [0.5, 0.6) is 0 Å². The SMILES string of the molecule is Cc1ccc(C(=O)[O-])cc1-c1ccc(/C=N/Nc2c(F)c(F)c(F)c(F)c2F)o1. The number of hydrogen-bond donors (Lipinski definition) is 1. The zero-order valence-corrected chi connectivity index (χ0v) is 14.5. The fourth-order valence-corrected chi connectivity index (χ4v) is 2.44. The van der Waals surface area contributed by atoms with Gasteiger partial charge >= 0.3 is 0 Å². The van der Waals surface area contributed by atoms with E-state index < -0.39 is 40.7 Å². The maximum atomic E-state index is 13.6. The molecule has 0 unspecified atom stereocenters. The summed E-state index contributed by atoms with van der Waals surface area (Å²) in [5.74, 6) is -11.7. The highest BCUT2D eigenvalue weighted by molar-refractivity contribution is 5.88. The monoisotopic (exact) mass is 409 g/mol. The third-order valence-electron chi connectivity index (χ3n) is 3.94. The van der Waals surface area contributed by atoms with Crippen LogP contribution in [0.1, 0.15) is 21.7 Å². The normalized spacial score (nSPS) is 11.2. The Kier molecular flexibility index (Phi) is 5.35. The molecule has 5 nitrogen and oxygen atoms in total. The quantitative estimate of drug-likeness (QED) is 0.229. The minimum atomic E-state index is -2.28. The van der Waals surface area contributed by atoms with E-state index in [0.717, 1.165) is 6.21 Å². The number of rotatable bonds is 5. The average Bonchev–Trinajstić information content (AvgIpc) is 3.16. The van der Waals surface area contributed by atoms with Gasteiger partial charge in [0.25, 0.3) is 0 Å². The van der Waals surface area contributed by atoms with E-state index >= 15 is 0 Å². The minimum absolute atomic E-state index is 0.0645. The number of hydrazone groups is 1. The maximum absolute atomic E-state index is 13.6.